The summed E-state index contributed by atoms with van der Waals surface area (Å²) in [6.45, 7) is 0. The van der Waals surface area contributed by atoms with Crippen LogP contribution in [-0.2, 0) is 5.41 Å². The minimum absolute atomic E-state index is 0.539. The van der Waals surface area contributed by atoms with Crippen LogP contribution < -0.4 is 0 Å². The van der Waals surface area contributed by atoms with Gasteiger partial charge in [-0.15, -0.1) is 0 Å². The molecule has 0 amide bonds. The highest BCUT2D eigenvalue weighted by atomic mass is 15.0. The summed E-state index contributed by atoms with van der Waals surface area (Å²) in [5, 5.41) is 10.1. The Morgan fingerprint density at radius 1 is 0.302 bits per heavy atom. The number of fused-ring (bicyclic) bond motifs is 3. The van der Waals surface area contributed by atoms with Gasteiger partial charge in [-0.3, -0.25) is 0 Å². The molecule has 9 aromatic carbocycles. The van der Waals surface area contributed by atoms with Crippen LogP contribution in [0.15, 0.2) is 231 Å². The van der Waals surface area contributed by atoms with Crippen LogP contribution in [0, 0.1) is 11.3 Å². The first-order chi connectivity index (χ1) is 31.2. The Morgan fingerprint density at radius 2 is 0.667 bits per heavy atom. The van der Waals surface area contributed by atoms with Gasteiger partial charge in [-0.25, -0.2) is 15.0 Å². The molecule has 0 unspecified atom stereocenters. The SMILES string of the molecule is N#Cc1ccc2c(c1)-c1cc(-c3cccc(-c4cccc(-c5nc(-c6ccccc6)nc(-c6ccc(-c7ccccc7)cc6)n5)c4)c3)ccc1C2(c1ccccc1)c1ccccc1. The summed E-state index contributed by atoms with van der Waals surface area (Å²) in [4.78, 5) is 15.1. The molecule has 1 heterocycles. The van der Waals surface area contributed by atoms with E-state index >= 15 is 0 Å². The van der Waals surface area contributed by atoms with Gasteiger partial charge >= 0.3 is 0 Å². The molecule has 0 radical (unpaired) electrons. The average molecular weight is 803 g/mol. The van der Waals surface area contributed by atoms with Gasteiger partial charge in [-0.1, -0.05) is 200 Å². The Labute approximate surface area is 367 Å². The molecular formula is C59H38N4. The smallest absolute Gasteiger partial charge is 0.164 e. The van der Waals surface area contributed by atoms with Crippen LogP contribution in [-0.4, -0.2) is 15.0 Å². The van der Waals surface area contributed by atoms with Crippen molar-refractivity contribution in [1.29, 1.82) is 5.26 Å². The van der Waals surface area contributed by atoms with Gasteiger partial charge in [-0.2, -0.15) is 5.26 Å². The van der Waals surface area contributed by atoms with E-state index in [4.69, 9.17) is 15.0 Å². The molecule has 0 fully saturated rings. The Kier molecular flexibility index (Phi) is 9.41. The van der Waals surface area contributed by atoms with Crippen molar-refractivity contribution in [1.82, 2.24) is 15.0 Å². The molecule has 1 aromatic heterocycles. The molecule has 10 aromatic rings. The zero-order chi connectivity index (χ0) is 42.2. The lowest BCUT2D eigenvalue weighted by molar-refractivity contribution is 0.768. The third kappa shape index (κ3) is 6.70. The van der Waals surface area contributed by atoms with Crippen LogP contribution in [0.2, 0.25) is 0 Å². The number of hydrogen-bond acceptors (Lipinski definition) is 4. The number of benzene rings is 9. The van der Waals surface area contributed by atoms with E-state index in [-0.39, 0.29) is 0 Å². The van der Waals surface area contributed by atoms with Crippen LogP contribution in [0.25, 0.3) is 78.7 Å². The van der Waals surface area contributed by atoms with Gasteiger partial charge in [0.1, 0.15) is 0 Å². The summed E-state index contributed by atoms with van der Waals surface area (Å²) >= 11 is 0. The fourth-order valence-corrected chi connectivity index (χ4v) is 9.26. The maximum atomic E-state index is 10.1. The lowest BCUT2D eigenvalue weighted by Gasteiger charge is -2.34. The van der Waals surface area contributed by atoms with Crippen molar-refractivity contribution in [3.63, 3.8) is 0 Å². The largest absolute Gasteiger partial charge is 0.208 e. The highest BCUT2D eigenvalue weighted by Crippen LogP contribution is 2.57. The zero-order valence-electron chi connectivity index (χ0n) is 34.2. The highest BCUT2D eigenvalue weighted by Gasteiger charge is 2.46. The van der Waals surface area contributed by atoms with Gasteiger partial charge in [0.05, 0.1) is 17.0 Å². The first-order valence-electron chi connectivity index (χ1n) is 21.1. The second kappa shape index (κ2) is 15.8. The van der Waals surface area contributed by atoms with Gasteiger partial charge in [-0.05, 0) is 97.1 Å². The quantitative estimate of drug-likeness (QED) is 0.153. The minimum Gasteiger partial charge on any atom is -0.208 e. The summed E-state index contributed by atoms with van der Waals surface area (Å²) in [5.74, 6) is 1.85. The van der Waals surface area contributed by atoms with Crippen LogP contribution in [0.5, 0.6) is 0 Å². The number of aromatic nitrogens is 3. The van der Waals surface area contributed by atoms with Gasteiger partial charge < -0.3 is 0 Å². The Balaban J connectivity index is 0.990. The number of hydrogen-bond donors (Lipinski definition) is 0. The summed E-state index contributed by atoms with van der Waals surface area (Å²) in [6.07, 6.45) is 0. The molecule has 294 valence electrons. The topological polar surface area (TPSA) is 62.5 Å². The van der Waals surface area contributed by atoms with E-state index in [1.807, 2.05) is 42.5 Å². The standard InChI is InChI=1S/C59H38N4/c60-39-40-27-33-54-52(35-40)53-38-48(32-34-55(53)59(54,50-23-9-3-10-24-50)51-25-11-4-12-26-51)46-20-13-19-45(36-46)47-21-14-22-49(37-47)58-62-56(43-17-7-2-8-18-43)61-57(63-58)44-30-28-42(29-31-44)41-15-5-1-6-16-41/h1-38H. The molecule has 0 bridgehead atoms. The van der Waals surface area contributed by atoms with Crippen LogP contribution >= 0.6 is 0 Å². The second-order valence-electron chi connectivity index (χ2n) is 15.9. The van der Waals surface area contributed by atoms with Crippen LogP contribution in [0.3, 0.4) is 0 Å². The molecule has 11 rings (SSSR count). The lowest BCUT2D eigenvalue weighted by atomic mass is 9.67. The Morgan fingerprint density at radius 3 is 1.22 bits per heavy atom. The molecule has 0 atom stereocenters. The van der Waals surface area contributed by atoms with Crippen molar-refractivity contribution >= 4 is 0 Å². The first kappa shape index (κ1) is 37.5. The number of nitrogens with zero attached hydrogens (tertiary/aromatic N) is 4. The van der Waals surface area contributed by atoms with E-state index in [9.17, 15) is 5.26 Å². The van der Waals surface area contributed by atoms with E-state index in [1.165, 1.54) is 22.3 Å². The van der Waals surface area contributed by atoms with Gasteiger partial charge in [0, 0.05) is 16.7 Å². The lowest BCUT2D eigenvalue weighted by Crippen LogP contribution is -2.28. The fourth-order valence-electron chi connectivity index (χ4n) is 9.26. The fraction of sp³-hybridized carbons (Fsp3) is 0.0169. The number of rotatable bonds is 8. The van der Waals surface area contributed by atoms with Crippen molar-refractivity contribution < 1.29 is 0 Å². The van der Waals surface area contributed by atoms with E-state index in [2.05, 4.69) is 194 Å². The Hall–Kier alpha value is -8.52. The molecule has 4 heteroatoms. The second-order valence-corrected chi connectivity index (χ2v) is 15.9. The molecule has 1 aliphatic carbocycles. The summed E-state index contributed by atoms with van der Waals surface area (Å²) < 4.78 is 0. The van der Waals surface area contributed by atoms with Crippen LogP contribution in [0.4, 0.5) is 0 Å². The van der Waals surface area contributed by atoms with Crippen molar-refractivity contribution in [3.8, 4) is 84.7 Å². The minimum atomic E-state index is -0.539. The molecule has 63 heavy (non-hydrogen) atoms. The molecule has 1 aliphatic rings. The molecular weight excluding hydrogens is 765 g/mol. The molecule has 0 aliphatic heterocycles. The number of nitriles is 1. The van der Waals surface area contributed by atoms with E-state index < -0.39 is 5.41 Å². The Bertz CT molecular complexity index is 3280. The average Bonchev–Trinajstić information content (AvgIpc) is 3.67. The molecule has 0 saturated heterocycles. The van der Waals surface area contributed by atoms with E-state index in [0.29, 0.717) is 23.0 Å². The first-order valence-corrected chi connectivity index (χ1v) is 21.1. The molecule has 4 nitrogen and oxygen atoms in total. The normalized spacial score (nSPS) is 12.2. The highest BCUT2D eigenvalue weighted by molar-refractivity contribution is 5.90. The van der Waals surface area contributed by atoms with Crippen LogP contribution in [0.1, 0.15) is 27.8 Å². The zero-order valence-corrected chi connectivity index (χ0v) is 34.2. The molecule has 0 spiro atoms. The predicted molar refractivity (Wildman–Crippen MR) is 254 cm³/mol. The van der Waals surface area contributed by atoms with Gasteiger partial charge in [0.25, 0.3) is 0 Å². The summed E-state index contributed by atoms with van der Waals surface area (Å²) in [5.41, 5.74) is 16.5. The van der Waals surface area contributed by atoms with Crippen molar-refractivity contribution in [3.05, 3.63) is 258 Å². The maximum absolute atomic E-state index is 10.1. The van der Waals surface area contributed by atoms with Crippen molar-refractivity contribution in [2.24, 2.45) is 0 Å². The monoisotopic (exact) mass is 802 g/mol. The van der Waals surface area contributed by atoms with Crippen molar-refractivity contribution in [2.75, 3.05) is 0 Å². The maximum Gasteiger partial charge on any atom is 0.164 e. The predicted octanol–water partition coefficient (Wildman–Crippen LogP) is 14.1. The third-order valence-corrected chi connectivity index (χ3v) is 12.2. The summed E-state index contributed by atoms with van der Waals surface area (Å²) in [6, 6.07) is 82.9. The summed E-state index contributed by atoms with van der Waals surface area (Å²) in [7, 11) is 0. The van der Waals surface area contributed by atoms with Gasteiger partial charge in [0.15, 0.2) is 17.5 Å². The molecule has 0 N–H and O–H groups in total. The van der Waals surface area contributed by atoms with Crippen molar-refractivity contribution in [2.45, 2.75) is 5.41 Å². The third-order valence-electron chi connectivity index (χ3n) is 12.2. The molecule has 0 saturated carbocycles. The van der Waals surface area contributed by atoms with Gasteiger partial charge in [0.2, 0.25) is 0 Å². The van der Waals surface area contributed by atoms with E-state index in [1.54, 1.807) is 0 Å². The van der Waals surface area contributed by atoms with E-state index in [0.717, 1.165) is 61.2 Å².